The number of halogens is 3. The molecule has 0 aromatic carbocycles. The van der Waals surface area contributed by atoms with Crippen LogP contribution in [0.2, 0.25) is 0 Å². The molecule has 1 N–H and O–H groups in total. The predicted octanol–water partition coefficient (Wildman–Crippen LogP) is 6.18. The molecule has 2 saturated heterocycles. The Balaban J connectivity index is 1.27. The van der Waals surface area contributed by atoms with Crippen molar-refractivity contribution in [3.63, 3.8) is 0 Å². The van der Waals surface area contributed by atoms with Gasteiger partial charge in [-0.05, 0) is 74.0 Å². The van der Waals surface area contributed by atoms with E-state index in [1.165, 1.54) is 35.9 Å². The van der Waals surface area contributed by atoms with Crippen LogP contribution in [0.4, 0.5) is 13.2 Å². The summed E-state index contributed by atoms with van der Waals surface area (Å²) < 4.78 is 51.3. The molecule has 0 spiro atoms. The molecule has 4 unspecified atom stereocenters. The first-order valence-corrected chi connectivity index (χ1v) is 16.7. The zero-order valence-electron chi connectivity index (χ0n) is 24.4. The number of methoxy groups -OCH3 is 1. The molecule has 2 saturated carbocycles. The third-order valence-corrected chi connectivity index (χ3v) is 11.6. The average Bonchev–Trinajstić information content (AvgIpc) is 3.50. The maximum absolute atomic E-state index is 14.3. The van der Waals surface area contributed by atoms with Gasteiger partial charge in [-0.1, -0.05) is 32.6 Å². The lowest BCUT2D eigenvalue weighted by molar-refractivity contribution is -0.136. The minimum atomic E-state index is -4.52. The van der Waals surface area contributed by atoms with Crippen molar-refractivity contribution in [1.82, 2.24) is 19.2 Å². The molecule has 4 heterocycles. The smallest absolute Gasteiger partial charge is 0.383 e. The molecule has 10 heteroatoms. The van der Waals surface area contributed by atoms with Crippen molar-refractivity contribution < 1.29 is 17.9 Å². The van der Waals surface area contributed by atoms with Crippen LogP contribution in [-0.4, -0.2) is 57.8 Å². The highest BCUT2D eigenvalue weighted by Crippen LogP contribution is 2.49. The van der Waals surface area contributed by atoms with Crippen LogP contribution in [0, 0.1) is 23.7 Å². The molecule has 228 valence electrons. The highest BCUT2D eigenvalue weighted by molar-refractivity contribution is 8.00. The van der Waals surface area contributed by atoms with Crippen LogP contribution >= 0.6 is 11.8 Å². The molecule has 2 aliphatic carbocycles. The number of imidazole rings is 1. The number of ether oxygens (including phenoxy) is 1. The van der Waals surface area contributed by atoms with E-state index in [0.29, 0.717) is 53.8 Å². The van der Waals surface area contributed by atoms with E-state index in [1.54, 1.807) is 17.9 Å². The minimum absolute atomic E-state index is 0.0219. The van der Waals surface area contributed by atoms with E-state index in [1.807, 2.05) is 11.8 Å². The molecular weight excluding hydrogens is 549 g/mol. The van der Waals surface area contributed by atoms with Crippen molar-refractivity contribution in [2.75, 3.05) is 32.6 Å². The standard InChI is InChI=1S/C31H45F3N4O2S/c1-20-6-5-11-36(14-20)15-21-12-26(31(32,33)34)27-17-37(30(39)38(27)16-21)25-10-4-9-23(13-25)28(22-7-3-8-22)29-35-24(18-40-2)19-41-29/h12,16-17,20,22-25,28-29,35H,3-11,13-15,18-19H2,1-2H3/t20-,23?,24?,25?,28-,29?/m0/s1. The van der Waals surface area contributed by atoms with Gasteiger partial charge >= 0.3 is 11.9 Å². The first-order valence-electron chi connectivity index (χ1n) is 15.6. The first kappa shape index (κ1) is 29.6. The van der Waals surface area contributed by atoms with Crippen molar-refractivity contribution >= 4 is 17.3 Å². The number of nitrogens with zero attached hydrogens (tertiary/aromatic N) is 3. The number of hydrogen-bond donors (Lipinski definition) is 1. The van der Waals surface area contributed by atoms with Gasteiger partial charge in [0, 0.05) is 50.4 Å². The summed E-state index contributed by atoms with van der Waals surface area (Å²) in [5, 5.41) is 4.21. The number of alkyl halides is 3. The molecule has 6 atom stereocenters. The molecule has 6 rings (SSSR count). The molecule has 41 heavy (non-hydrogen) atoms. The van der Waals surface area contributed by atoms with E-state index in [9.17, 15) is 18.0 Å². The van der Waals surface area contributed by atoms with Gasteiger partial charge in [0.25, 0.3) is 0 Å². The van der Waals surface area contributed by atoms with E-state index < -0.39 is 11.7 Å². The highest BCUT2D eigenvalue weighted by Gasteiger charge is 2.44. The van der Waals surface area contributed by atoms with Gasteiger partial charge < -0.3 is 4.74 Å². The van der Waals surface area contributed by atoms with Gasteiger partial charge in [-0.3, -0.25) is 19.2 Å². The van der Waals surface area contributed by atoms with E-state index in [-0.39, 0.29) is 17.2 Å². The van der Waals surface area contributed by atoms with Crippen molar-refractivity contribution in [3.05, 3.63) is 40.1 Å². The number of piperidine rings is 1. The van der Waals surface area contributed by atoms with Crippen LogP contribution in [0.1, 0.15) is 81.9 Å². The lowest BCUT2D eigenvalue weighted by Crippen LogP contribution is -2.45. The van der Waals surface area contributed by atoms with Gasteiger partial charge in [-0.15, -0.1) is 11.8 Å². The summed E-state index contributed by atoms with van der Waals surface area (Å²) in [6, 6.07) is 1.56. The number of pyridine rings is 1. The molecule has 0 bridgehead atoms. The fourth-order valence-corrected chi connectivity index (χ4v) is 9.69. The molecule has 4 fully saturated rings. The summed E-state index contributed by atoms with van der Waals surface area (Å²) >= 11 is 2.00. The SMILES string of the molecule is COCC1CSC([C@@H](C2CCC2)C2CCCC(n3cc4c(C(F)(F)F)cc(CN5CCC[C@H](C)C5)cn4c3=O)C2)N1. The van der Waals surface area contributed by atoms with Gasteiger partial charge in [0.1, 0.15) is 0 Å². The molecule has 4 aliphatic rings. The zero-order valence-corrected chi connectivity index (χ0v) is 25.2. The summed E-state index contributed by atoms with van der Waals surface area (Å²) in [5.74, 6) is 3.24. The highest BCUT2D eigenvalue weighted by atomic mass is 32.2. The van der Waals surface area contributed by atoms with E-state index in [2.05, 4.69) is 17.1 Å². The van der Waals surface area contributed by atoms with Crippen LogP contribution in [0.5, 0.6) is 0 Å². The lowest BCUT2D eigenvalue weighted by atomic mass is 9.66. The largest absolute Gasteiger partial charge is 0.418 e. The summed E-state index contributed by atoms with van der Waals surface area (Å²) in [4.78, 5) is 16.0. The molecule has 2 aliphatic heterocycles. The molecule has 2 aromatic rings. The molecular formula is C31H45F3N4O2S. The lowest BCUT2D eigenvalue weighted by Gasteiger charge is -2.44. The second-order valence-electron chi connectivity index (χ2n) is 13.2. The second kappa shape index (κ2) is 12.2. The summed E-state index contributed by atoms with van der Waals surface area (Å²) in [6.07, 6.45) is 8.44. The summed E-state index contributed by atoms with van der Waals surface area (Å²) in [7, 11) is 1.75. The normalized spacial score (nSPS) is 31.0. The third-order valence-electron chi connectivity index (χ3n) is 10.2. The average molecular weight is 595 g/mol. The van der Waals surface area contributed by atoms with Crippen molar-refractivity contribution in [1.29, 1.82) is 0 Å². The Morgan fingerprint density at radius 2 is 1.88 bits per heavy atom. The number of likely N-dealkylation sites (tertiary alicyclic amines) is 1. The fourth-order valence-electron chi connectivity index (χ4n) is 8.10. The van der Waals surface area contributed by atoms with Gasteiger partial charge in [-0.25, -0.2) is 4.79 Å². The van der Waals surface area contributed by atoms with Crippen molar-refractivity contribution in [3.8, 4) is 0 Å². The summed E-state index contributed by atoms with van der Waals surface area (Å²) in [6.45, 7) is 5.09. The van der Waals surface area contributed by atoms with Crippen LogP contribution in [-0.2, 0) is 17.5 Å². The number of aromatic nitrogens is 2. The minimum Gasteiger partial charge on any atom is -0.383 e. The fraction of sp³-hybridized carbons (Fsp3) is 0.774. The quantitative estimate of drug-likeness (QED) is 0.396. The number of nitrogens with one attached hydrogen (secondary N) is 1. The number of rotatable bonds is 8. The number of hydrogen-bond acceptors (Lipinski definition) is 5. The Kier molecular flexibility index (Phi) is 8.84. The van der Waals surface area contributed by atoms with Crippen molar-refractivity contribution in [2.24, 2.45) is 23.7 Å². The van der Waals surface area contributed by atoms with Gasteiger partial charge in [0.2, 0.25) is 0 Å². The zero-order chi connectivity index (χ0) is 28.7. The Morgan fingerprint density at radius 1 is 1.10 bits per heavy atom. The Bertz CT molecular complexity index is 1260. The Morgan fingerprint density at radius 3 is 2.59 bits per heavy atom. The van der Waals surface area contributed by atoms with Crippen LogP contribution in [0.25, 0.3) is 5.52 Å². The third kappa shape index (κ3) is 6.27. The number of fused-ring (bicyclic) bond motifs is 1. The topological polar surface area (TPSA) is 50.9 Å². The van der Waals surface area contributed by atoms with Gasteiger partial charge in [-0.2, -0.15) is 13.2 Å². The predicted molar refractivity (Wildman–Crippen MR) is 157 cm³/mol. The Labute approximate surface area is 245 Å². The molecule has 0 amide bonds. The first-order chi connectivity index (χ1) is 19.7. The molecule has 6 nitrogen and oxygen atoms in total. The van der Waals surface area contributed by atoms with Gasteiger partial charge in [0.15, 0.2) is 0 Å². The number of thioether (sulfide) groups is 1. The van der Waals surface area contributed by atoms with Crippen LogP contribution in [0.15, 0.2) is 23.3 Å². The van der Waals surface area contributed by atoms with Crippen molar-refractivity contribution in [2.45, 2.75) is 94.9 Å². The maximum atomic E-state index is 14.3. The second-order valence-corrected chi connectivity index (χ2v) is 14.4. The maximum Gasteiger partial charge on any atom is 0.418 e. The Hall–Kier alpha value is -1.49. The monoisotopic (exact) mass is 594 g/mol. The summed E-state index contributed by atoms with van der Waals surface area (Å²) in [5.41, 5.74) is -0.503. The molecule has 2 aromatic heterocycles. The van der Waals surface area contributed by atoms with Crippen LogP contribution in [0.3, 0.4) is 0 Å². The van der Waals surface area contributed by atoms with Crippen LogP contribution < -0.4 is 11.0 Å². The van der Waals surface area contributed by atoms with Gasteiger partial charge in [0.05, 0.1) is 23.1 Å². The van der Waals surface area contributed by atoms with E-state index in [4.69, 9.17) is 4.74 Å². The molecule has 0 radical (unpaired) electrons. The van der Waals surface area contributed by atoms with E-state index >= 15 is 0 Å². The van der Waals surface area contributed by atoms with E-state index in [0.717, 1.165) is 57.4 Å².